The lowest BCUT2D eigenvalue weighted by Crippen LogP contribution is -2.68. The third-order valence-corrected chi connectivity index (χ3v) is 11.2. The lowest BCUT2D eigenvalue weighted by atomic mass is 9.71. The summed E-state index contributed by atoms with van der Waals surface area (Å²) in [5, 5.41) is 14.2. The number of hydrogen-bond acceptors (Lipinski definition) is 11. The largest absolute Gasteiger partial charge is 0.493 e. The molecule has 7 rings (SSSR count). The van der Waals surface area contributed by atoms with Gasteiger partial charge in [-0.1, -0.05) is 36.4 Å². The number of alkyl halides is 1. The van der Waals surface area contributed by atoms with E-state index in [4.69, 9.17) is 40.0 Å². The monoisotopic (exact) mass is 744 g/mol. The first-order chi connectivity index (χ1) is 25.7. The molecule has 0 aromatic heterocycles. The first-order valence-electron chi connectivity index (χ1n) is 18.0. The number of nitrogens with zero attached hydrogens (tertiary/aromatic N) is 3. The number of halogens is 1. The molecular weight excluding hydrogens is 700 g/mol. The van der Waals surface area contributed by atoms with Crippen molar-refractivity contribution in [1.29, 1.82) is 5.26 Å². The summed E-state index contributed by atoms with van der Waals surface area (Å²) < 4.78 is 35.9. The summed E-state index contributed by atoms with van der Waals surface area (Å²) in [7, 11) is 5.25. The van der Waals surface area contributed by atoms with Crippen molar-refractivity contribution < 1.29 is 38.0 Å². The number of ether oxygens (including phenoxy) is 6. The number of carbonyl (C=O) groups is 2. The topological polar surface area (TPSA) is 132 Å². The fourth-order valence-electron chi connectivity index (χ4n) is 8.85. The van der Waals surface area contributed by atoms with Crippen LogP contribution in [0.2, 0.25) is 0 Å². The molecule has 0 saturated carbocycles. The van der Waals surface area contributed by atoms with Crippen LogP contribution in [0.15, 0.2) is 36.4 Å². The van der Waals surface area contributed by atoms with Gasteiger partial charge < -0.3 is 33.7 Å². The van der Waals surface area contributed by atoms with E-state index in [0.29, 0.717) is 60.0 Å². The third-order valence-electron chi connectivity index (χ3n) is 11.1. The average Bonchev–Trinajstić information content (AvgIpc) is 3.65. The second-order valence-corrected chi connectivity index (χ2v) is 14.4. The Hall–Kier alpha value is -4.54. The number of esters is 1. The summed E-state index contributed by atoms with van der Waals surface area (Å²) >= 11 is 5.97. The van der Waals surface area contributed by atoms with Gasteiger partial charge in [0, 0.05) is 60.3 Å². The van der Waals surface area contributed by atoms with Gasteiger partial charge in [-0.05, 0) is 56.8 Å². The Kier molecular flexibility index (Phi) is 10.7. The van der Waals surface area contributed by atoms with Crippen molar-refractivity contribution in [2.24, 2.45) is 0 Å². The van der Waals surface area contributed by atoms with Gasteiger partial charge in [-0.2, -0.15) is 5.26 Å². The van der Waals surface area contributed by atoms with Crippen LogP contribution < -0.4 is 29.0 Å². The zero-order valence-electron chi connectivity index (χ0n) is 30.7. The fourth-order valence-corrected chi connectivity index (χ4v) is 9.00. The van der Waals surface area contributed by atoms with E-state index in [0.717, 1.165) is 33.4 Å². The van der Waals surface area contributed by atoms with Gasteiger partial charge in [0.1, 0.15) is 11.8 Å². The van der Waals surface area contributed by atoms with Gasteiger partial charge >= 0.3 is 5.97 Å². The SMILES string of the molecule is COCOc1c(OC)c(C)cc2c1[C@@H]1C3Cc4c(OC(=O)CCCl)c(C)c5c(c4[C@H](CNC(=O)CCc4ccccc4)N3[C@@H](C#N)[C@@H](C2)N1C)OCO5. The van der Waals surface area contributed by atoms with Crippen LogP contribution in [0.25, 0.3) is 0 Å². The average molecular weight is 745 g/mol. The summed E-state index contributed by atoms with van der Waals surface area (Å²) in [5.41, 5.74) is 6.19. The van der Waals surface area contributed by atoms with Crippen molar-refractivity contribution in [1.82, 2.24) is 15.1 Å². The summed E-state index contributed by atoms with van der Waals surface area (Å²) in [5.74, 6) is 2.17. The minimum absolute atomic E-state index is 0.0103. The predicted octanol–water partition coefficient (Wildman–Crippen LogP) is 5.08. The van der Waals surface area contributed by atoms with Crippen molar-refractivity contribution in [3.05, 3.63) is 75.3 Å². The number of carbonyl (C=O) groups excluding carboxylic acids is 2. The predicted molar refractivity (Wildman–Crippen MR) is 196 cm³/mol. The highest BCUT2D eigenvalue weighted by Crippen LogP contribution is 2.58. The summed E-state index contributed by atoms with van der Waals surface area (Å²) in [6, 6.07) is 12.8. The summed E-state index contributed by atoms with van der Waals surface area (Å²) in [4.78, 5) is 31.2. The Morgan fingerprint density at radius 2 is 1.79 bits per heavy atom. The number of nitrogens with one attached hydrogen (secondary N) is 1. The number of amides is 1. The van der Waals surface area contributed by atoms with Crippen LogP contribution in [-0.4, -0.2) is 87.1 Å². The molecule has 0 aliphatic carbocycles. The summed E-state index contributed by atoms with van der Waals surface area (Å²) in [6.45, 7) is 4.03. The van der Waals surface area contributed by atoms with Gasteiger partial charge in [0.05, 0.1) is 31.7 Å². The lowest BCUT2D eigenvalue weighted by Gasteiger charge is -2.60. The Bertz CT molecular complexity index is 1930. The second kappa shape index (κ2) is 15.4. The van der Waals surface area contributed by atoms with Crippen LogP contribution in [0.3, 0.4) is 0 Å². The maximum atomic E-state index is 13.5. The van der Waals surface area contributed by atoms with E-state index in [1.165, 1.54) is 0 Å². The molecule has 4 aliphatic heterocycles. The number of aryl methyl sites for hydroxylation is 2. The zero-order chi connectivity index (χ0) is 37.4. The number of methoxy groups -OCH3 is 2. The van der Waals surface area contributed by atoms with Gasteiger partial charge in [-0.25, -0.2) is 0 Å². The Balaban J connectivity index is 1.38. The molecule has 1 saturated heterocycles. The molecule has 1 N–H and O–H groups in total. The normalized spacial score (nSPS) is 22.5. The van der Waals surface area contributed by atoms with Gasteiger partial charge in [-0.15, -0.1) is 11.6 Å². The highest BCUT2D eigenvalue weighted by molar-refractivity contribution is 6.18. The minimum atomic E-state index is -0.568. The number of rotatable bonds is 12. The number of nitriles is 1. The quantitative estimate of drug-likeness (QED) is 0.115. The molecule has 1 fully saturated rings. The maximum absolute atomic E-state index is 13.5. The number of benzene rings is 3. The Morgan fingerprint density at radius 3 is 2.51 bits per heavy atom. The highest BCUT2D eigenvalue weighted by atomic mass is 35.5. The molecule has 0 spiro atoms. The van der Waals surface area contributed by atoms with E-state index in [1.807, 2.05) is 44.2 Å². The first kappa shape index (κ1) is 36.8. The van der Waals surface area contributed by atoms with Gasteiger partial charge in [0.2, 0.25) is 12.7 Å². The number of likely N-dealkylation sites (N-methyl/N-ethyl adjacent to an activating group) is 1. The van der Waals surface area contributed by atoms with E-state index < -0.39 is 18.1 Å². The van der Waals surface area contributed by atoms with E-state index in [9.17, 15) is 14.9 Å². The lowest BCUT2D eigenvalue weighted by molar-refractivity contribution is -0.134. The number of fused-ring (bicyclic) bond motifs is 9. The van der Waals surface area contributed by atoms with Gasteiger partial charge in [-0.3, -0.25) is 19.4 Å². The van der Waals surface area contributed by atoms with Crippen molar-refractivity contribution in [2.45, 2.75) is 76.2 Å². The van der Waals surface area contributed by atoms with Crippen LogP contribution >= 0.6 is 11.6 Å². The molecule has 3 aromatic rings. The summed E-state index contributed by atoms with van der Waals surface area (Å²) in [6.07, 6.45) is 1.89. The van der Waals surface area contributed by atoms with E-state index >= 15 is 0 Å². The molecule has 53 heavy (non-hydrogen) atoms. The second-order valence-electron chi connectivity index (χ2n) is 14.0. The van der Waals surface area contributed by atoms with Crippen LogP contribution in [0, 0.1) is 25.2 Å². The van der Waals surface area contributed by atoms with Gasteiger partial charge in [0.25, 0.3) is 0 Å². The van der Waals surface area contributed by atoms with Gasteiger partial charge in [0.15, 0.2) is 29.8 Å². The molecule has 13 heteroatoms. The smallest absolute Gasteiger partial charge is 0.312 e. The molecule has 5 atom stereocenters. The van der Waals surface area contributed by atoms with Crippen molar-refractivity contribution in [3.63, 3.8) is 0 Å². The third kappa shape index (κ3) is 6.54. The van der Waals surface area contributed by atoms with Crippen molar-refractivity contribution in [2.75, 3.05) is 47.3 Å². The highest BCUT2D eigenvalue weighted by Gasteiger charge is 2.57. The Labute approximate surface area is 314 Å². The van der Waals surface area contributed by atoms with Crippen LogP contribution in [-0.2, 0) is 33.6 Å². The first-order valence-corrected chi connectivity index (χ1v) is 18.5. The Morgan fingerprint density at radius 1 is 1.02 bits per heavy atom. The van der Waals surface area contributed by atoms with Crippen molar-refractivity contribution >= 4 is 23.5 Å². The van der Waals surface area contributed by atoms with E-state index in [1.54, 1.807) is 14.2 Å². The number of piperazine rings is 1. The molecule has 3 aromatic carbocycles. The van der Waals surface area contributed by atoms with Crippen molar-refractivity contribution in [3.8, 4) is 34.8 Å². The maximum Gasteiger partial charge on any atom is 0.312 e. The molecular formula is C40H45ClN4O8. The molecule has 4 aliphatic rings. The van der Waals surface area contributed by atoms with E-state index in [-0.39, 0.29) is 56.5 Å². The fraction of sp³-hybridized carbons (Fsp3) is 0.475. The number of hydrogen-bond donors (Lipinski definition) is 1. The molecule has 1 amide bonds. The van der Waals surface area contributed by atoms with Crippen LogP contribution in [0.1, 0.15) is 63.9 Å². The molecule has 1 unspecified atom stereocenters. The standard InChI is InChI=1S/C40H45ClN4O8/c1-22-15-25-16-27-29(18-42)45-28(35(44(27)3)33(25)39(36(22)49-5)50-20-48-4)17-26-34(30(45)19-43-31(46)12-11-24-9-7-6-8-10-24)40-38(51-21-52-40)23(2)37(26)53-32(47)13-14-41/h6-10,15,27-30,35H,11-14,16-17,19-21H2,1-5H3,(H,43,46)/t27-,28?,29+,30+,35+/m1/s1. The van der Waals surface area contributed by atoms with Crippen LogP contribution in [0.4, 0.5) is 0 Å². The van der Waals surface area contributed by atoms with Crippen LogP contribution in [0.5, 0.6) is 28.7 Å². The molecule has 4 heterocycles. The molecule has 280 valence electrons. The molecule has 12 nitrogen and oxygen atoms in total. The van der Waals surface area contributed by atoms with E-state index in [2.05, 4.69) is 34.3 Å². The zero-order valence-corrected chi connectivity index (χ0v) is 31.5. The molecule has 0 radical (unpaired) electrons. The minimum Gasteiger partial charge on any atom is -0.493 e. The molecule has 2 bridgehead atoms.